The number of furan rings is 1. The van der Waals surface area contributed by atoms with Crippen molar-refractivity contribution in [3.8, 4) is 0 Å². The van der Waals surface area contributed by atoms with E-state index in [1.165, 1.54) is 31.2 Å². The van der Waals surface area contributed by atoms with Crippen LogP contribution in [0.3, 0.4) is 0 Å². The first-order chi connectivity index (χ1) is 11.6. The molecule has 0 aliphatic heterocycles. The highest BCUT2D eigenvalue weighted by Gasteiger charge is 2.20. The molecule has 0 atom stereocenters. The molecule has 0 aliphatic rings. The molecule has 1 aromatic carbocycles. The Balaban J connectivity index is 2.13. The minimum Gasteiger partial charge on any atom is -0.456 e. The van der Waals surface area contributed by atoms with Crippen LogP contribution in [0.2, 0.25) is 0 Å². The van der Waals surface area contributed by atoms with E-state index in [1.54, 1.807) is 20.8 Å². The lowest BCUT2D eigenvalue weighted by Gasteiger charge is -2.19. The molecular formula is C18H18FNO5. The van der Waals surface area contributed by atoms with Crippen LogP contribution in [0.15, 0.2) is 34.7 Å². The lowest BCUT2D eigenvalue weighted by molar-refractivity contribution is 0.00689. The molecule has 25 heavy (non-hydrogen) atoms. The largest absolute Gasteiger partial charge is 0.456 e. The van der Waals surface area contributed by atoms with Crippen LogP contribution >= 0.6 is 0 Å². The van der Waals surface area contributed by atoms with Crippen molar-refractivity contribution >= 4 is 23.3 Å². The van der Waals surface area contributed by atoms with Crippen LogP contribution in [-0.2, 0) is 4.74 Å². The van der Waals surface area contributed by atoms with Gasteiger partial charge >= 0.3 is 5.97 Å². The van der Waals surface area contributed by atoms with Gasteiger partial charge in [0.25, 0.3) is 5.91 Å². The Morgan fingerprint density at radius 2 is 1.72 bits per heavy atom. The van der Waals surface area contributed by atoms with Crippen molar-refractivity contribution in [1.29, 1.82) is 0 Å². The van der Waals surface area contributed by atoms with Crippen LogP contribution in [0.25, 0.3) is 0 Å². The summed E-state index contributed by atoms with van der Waals surface area (Å²) in [6, 6.07) is 6.25. The summed E-state index contributed by atoms with van der Waals surface area (Å²) in [7, 11) is 0. The van der Waals surface area contributed by atoms with Gasteiger partial charge in [-0.3, -0.25) is 9.59 Å². The van der Waals surface area contributed by atoms with Gasteiger partial charge in [-0.1, -0.05) is 0 Å². The van der Waals surface area contributed by atoms with E-state index in [2.05, 4.69) is 5.32 Å². The Morgan fingerprint density at radius 3 is 2.24 bits per heavy atom. The minimum atomic E-state index is -0.796. The molecular weight excluding hydrogens is 329 g/mol. The van der Waals surface area contributed by atoms with Crippen molar-refractivity contribution in [3.63, 3.8) is 0 Å². The molecule has 6 nitrogen and oxygen atoms in total. The van der Waals surface area contributed by atoms with Crippen molar-refractivity contribution in [2.75, 3.05) is 5.32 Å². The number of halogens is 1. The number of rotatable bonds is 4. The van der Waals surface area contributed by atoms with Gasteiger partial charge in [0.2, 0.25) is 0 Å². The van der Waals surface area contributed by atoms with Gasteiger partial charge in [0.15, 0.2) is 17.3 Å². The van der Waals surface area contributed by atoms with E-state index in [-0.39, 0.29) is 28.6 Å². The molecule has 0 aliphatic carbocycles. The maximum atomic E-state index is 14.1. The van der Waals surface area contributed by atoms with Crippen LogP contribution < -0.4 is 5.32 Å². The molecule has 1 amide bonds. The quantitative estimate of drug-likeness (QED) is 0.671. The fourth-order valence-electron chi connectivity index (χ4n) is 1.91. The molecule has 0 unspecified atom stereocenters. The molecule has 0 bridgehead atoms. The highest BCUT2D eigenvalue weighted by atomic mass is 19.1. The van der Waals surface area contributed by atoms with Gasteiger partial charge in [-0.05, 0) is 51.1 Å². The van der Waals surface area contributed by atoms with Gasteiger partial charge in [0.05, 0.1) is 11.3 Å². The SMILES string of the molecule is CC(=O)c1ccc(C(=O)Nc2ccc(C(=O)OC(C)(C)C)cc2F)o1. The molecule has 0 saturated carbocycles. The molecule has 0 radical (unpaired) electrons. The van der Waals surface area contributed by atoms with Crippen LogP contribution in [-0.4, -0.2) is 23.3 Å². The molecule has 1 aromatic heterocycles. The number of Topliss-reactive ketones (excluding diaryl/α,β-unsaturated/α-hetero) is 1. The van der Waals surface area contributed by atoms with E-state index in [0.717, 1.165) is 6.07 Å². The zero-order valence-electron chi connectivity index (χ0n) is 14.3. The lowest BCUT2D eigenvalue weighted by Crippen LogP contribution is -2.24. The molecule has 0 saturated heterocycles. The summed E-state index contributed by atoms with van der Waals surface area (Å²) in [5, 5.41) is 2.32. The predicted octanol–water partition coefficient (Wildman–Crippen LogP) is 3.83. The number of ether oxygens (including phenoxy) is 1. The highest BCUT2D eigenvalue weighted by Crippen LogP contribution is 2.20. The Labute approximate surface area is 144 Å². The predicted molar refractivity (Wildman–Crippen MR) is 88.2 cm³/mol. The number of amides is 1. The summed E-state index contributed by atoms with van der Waals surface area (Å²) >= 11 is 0. The van der Waals surface area contributed by atoms with Crippen molar-refractivity contribution < 1.29 is 27.9 Å². The number of hydrogen-bond donors (Lipinski definition) is 1. The van der Waals surface area contributed by atoms with Gasteiger partial charge in [-0.15, -0.1) is 0 Å². The van der Waals surface area contributed by atoms with Gasteiger partial charge < -0.3 is 14.5 Å². The number of hydrogen-bond acceptors (Lipinski definition) is 5. The van der Waals surface area contributed by atoms with E-state index in [4.69, 9.17) is 9.15 Å². The fourth-order valence-corrected chi connectivity index (χ4v) is 1.91. The minimum absolute atomic E-state index is 0.0299. The zero-order chi connectivity index (χ0) is 18.8. The standard InChI is InChI=1S/C18H18FNO5/c1-10(21)14-7-8-15(24-14)16(22)20-13-6-5-11(9-12(13)19)17(23)25-18(2,3)4/h5-9H,1-4H3,(H,20,22). The smallest absolute Gasteiger partial charge is 0.338 e. The van der Waals surface area contributed by atoms with Crippen LogP contribution in [0.4, 0.5) is 10.1 Å². The second-order valence-electron chi connectivity index (χ2n) is 6.37. The Kier molecular flexibility index (Phi) is 5.06. The molecule has 2 aromatic rings. The molecule has 0 spiro atoms. The summed E-state index contributed by atoms with van der Waals surface area (Å²) in [5.74, 6) is -2.59. The molecule has 1 heterocycles. The first-order valence-electron chi connectivity index (χ1n) is 7.52. The third-order valence-electron chi connectivity index (χ3n) is 3.03. The van der Waals surface area contributed by atoms with Crippen molar-refractivity contribution in [1.82, 2.24) is 0 Å². The summed E-state index contributed by atoms with van der Waals surface area (Å²) < 4.78 is 24.4. The maximum absolute atomic E-state index is 14.1. The number of benzene rings is 1. The van der Waals surface area contributed by atoms with E-state index < -0.39 is 23.3 Å². The van der Waals surface area contributed by atoms with Gasteiger partial charge in [-0.2, -0.15) is 0 Å². The van der Waals surface area contributed by atoms with Crippen LogP contribution in [0.1, 0.15) is 59.2 Å². The second kappa shape index (κ2) is 6.88. The zero-order valence-corrected chi connectivity index (χ0v) is 14.3. The van der Waals surface area contributed by atoms with Gasteiger partial charge in [0, 0.05) is 6.92 Å². The summed E-state index contributed by atoms with van der Waals surface area (Å²) in [5.41, 5.74) is -0.797. The van der Waals surface area contributed by atoms with Crippen LogP contribution in [0.5, 0.6) is 0 Å². The second-order valence-corrected chi connectivity index (χ2v) is 6.37. The first-order valence-corrected chi connectivity index (χ1v) is 7.52. The Morgan fingerprint density at radius 1 is 1.08 bits per heavy atom. The molecule has 2 rings (SSSR count). The topological polar surface area (TPSA) is 85.6 Å². The third-order valence-corrected chi connectivity index (χ3v) is 3.03. The number of anilines is 1. The van der Waals surface area contributed by atoms with Crippen LogP contribution in [0, 0.1) is 5.82 Å². The van der Waals surface area contributed by atoms with Crippen molar-refractivity contribution in [2.45, 2.75) is 33.3 Å². The van der Waals surface area contributed by atoms with Gasteiger partial charge in [0.1, 0.15) is 11.4 Å². The number of ketones is 1. The van der Waals surface area contributed by atoms with Crippen molar-refractivity contribution in [2.24, 2.45) is 0 Å². The highest BCUT2D eigenvalue weighted by molar-refractivity contribution is 6.03. The summed E-state index contributed by atoms with van der Waals surface area (Å²) in [6.45, 7) is 6.41. The maximum Gasteiger partial charge on any atom is 0.338 e. The summed E-state index contributed by atoms with van der Waals surface area (Å²) in [4.78, 5) is 35.1. The molecule has 0 fully saturated rings. The van der Waals surface area contributed by atoms with E-state index in [9.17, 15) is 18.8 Å². The molecule has 7 heteroatoms. The lowest BCUT2D eigenvalue weighted by atomic mass is 10.1. The third kappa shape index (κ3) is 4.76. The van der Waals surface area contributed by atoms with E-state index >= 15 is 0 Å². The summed E-state index contributed by atoms with van der Waals surface area (Å²) in [6.07, 6.45) is 0. The number of carbonyl (C=O) groups excluding carboxylic acids is 3. The van der Waals surface area contributed by atoms with Crippen molar-refractivity contribution in [3.05, 3.63) is 53.2 Å². The fraction of sp³-hybridized carbons (Fsp3) is 0.278. The normalized spacial score (nSPS) is 11.1. The molecule has 1 N–H and O–H groups in total. The average molecular weight is 347 g/mol. The van der Waals surface area contributed by atoms with Gasteiger partial charge in [-0.25, -0.2) is 9.18 Å². The first kappa shape index (κ1) is 18.4. The number of carbonyl (C=O) groups is 3. The average Bonchev–Trinajstić information content (AvgIpc) is 2.97. The monoisotopic (exact) mass is 347 g/mol. The number of esters is 1. The van der Waals surface area contributed by atoms with E-state index in [1.807, 2.05) is 0 Å². The number of nitrogens with one attached hydrogen (secondary N) is 1. The van der Waals surface area contributed by atoms with E-state index in [0.29, 0.717) is 0 Å². The Hall–Kier alpha value is -2.96. The molecule has 132 valence electrons. The Bertz CT molecular complexity index is 832.